The van der Waals surface area contributed by atoms with Crippen LogP contribution >= 0.6 is 23.2 Å². The fourth-order valence-corrected chi connectivity index (χ4v) is 3.79. The molecule has 4 N–H and O–H groups in total. The van der Waals surface area contributed by atoms with E-state index in [1.165, 1.54) is 18.2 Å². The Hall–Kier alpha value is -4.10. The van der Waals surface area contributed by atoms with Gasteiger partial charge in [0.15, 0.2) is 0 Å². The summed E-state index contributed by atoms with van der Waals surface area (Å²) in [4.78, 5) is 0. The van der Waals surface area contributed by atoms with E-state index < -0.39 is 0 Å². The maximum absolute atomic E-state index is 13.6. The van der Waals surface area contributed by atoms with E-state index in [-0.39, 0.29) is 33.5 Å². The summed E-state index contributed by atoms with van der Waals surface area (Å²) in [5.74, 6) is -0.705. The number of nitrogens with two attached hydrogens (primary N) is 2. The lowest BCUT2D eigenvalue weighted by Gasteiger charge is -2.08. The zero-order chi connectivity index (χ0) is 24.8. The summed E-state index contributed by atoms with van der Waals surface area (Å²) in [6.07, 6.45) is 0. The van der Waals surface area contributed by atoms with E-state index in [4.69, 9.17) is 45.2 Å². The van der Waals surface area contributed by atoms with Crippen molar-refractivity contribution in [1.82, 2.24) is 0 Å². The van der Waals surface area contributed by atoms with Crippen LogP contribution < -0.4 is 11.5 Å². The van der Waals surface area contributed by atoms with E-state index >= 15 is 0 Å². The van der Waals surface area contributed by atoms with Gasteiger partial charge < -0.3 is 11.5 Å². The number of anilines is 2. The average Bonchev–Trinajstić information content (AvgIpc) is 2.82. The van der Waals surface area contributed by atoms with Gasteiger partial charge in [-0.2, -0.15) is 10.5 Å². The van der Waals surface area contributed by atoms with Gasteiger partial charge in [0.25, 0.3) is 0 Å². The van der Waals surface area contributed by atoms with E-state index in [1.54, 1.807) is 54.6 Å². The first-order chi connectivity index (χ1) is 16.3. The van der Waals surface area contributed by atoms with Gasteiger partial charge in [0.05, 0.1) is 32.5 Å². The minimum atomic E-state index is -0.386. The largest absolute Gasteiger partial charge is 0.398 e. The first-order valence-electron chi connectivity index (χ1n) is 9.75. The molecule has 0 bridgehead atoms. The molecule has 4 nitrogen and oxygen atoms in total. The second-order valence-electron chi connectivity index (χ2n) is 6.99. The topological polar surface area (TPSA) is 99.6 Å². The highest BCUT2D eigenvalue weighted by atomic mass is 35.5. The van der Waals surface area contributed by atoms with Crippen LogP contribution in [0.15, 0.2) is 72.8 Å². The minimum absolute atomic E-state index is 0.174. The zero-order valence-electron chi connectivity index (χ0n) is 17.5. The van der Waals surface area contributed by atoms with Crippen molar-refractivity contribution >= 4 is 34.6 Å². The number of rotatable bonds is 2. The van der Waals surface area contributed by atoms with Crippen molar-refractivity contribution in [3.8, 4) is 34.4 Å². The first kappa shape index (κ1) is 24.5. The van der Waals surface area contributed by atoms with Gasteiger partial charge in [0.2, 0.25) is 0 Å². The maximum Gasteiger partial charge on any atom is 0.131 e. The Morgan fingerprint density at radius 1 is 0.618 bits per heavy atom. The number of halogens is 4. The monoisotopic (exact) mass is 492 g/mol. The molecule has 0 unspecified atom stereocenters. The predicted octanol–water partition coefficient (Wildman–Crippen LogP) is 7.20. The highest BCUT2D eigenvalue weighted by Gasteiger charge is 2.14. The normalized spacial score (nSPS) is 9.94. The molecule has 4 aromatic carbocycles. The summed E-state index contributed by atoms with van der Waals surface area (Å²) >= 11 is 12.1. The van der Waals surface area contributed by atoms with Crippen LogP contribution in [0.25, 0.3) is 22.3 Å². The third-order valence-corrected chi connectivity index (χ3v) is 5.68. The first-order valence-corrected chi connectivity index (χ1v) is 10.5. The Kier molecular flexibility index (Phi) is 7.71. The molecule has 0 aromatic heterocycles. The van der Waals surface area contributed by atoms with Crippen molar-refractivity contribution in [2.75, 3.05) is 11.5 Å². The van der Waals surface area contributed by atoms with Crippen LogP contribution in [0.5, 0.6) is 0 Å². The molecule has 0 spiro atoms. The molecule has 4 aromatic rings. The quantitative estimate of drug-likeness (QED) is 0.289. The molecule has 4 rings (SSSR count). The van der Waals surface area contributed by atoms with Crippen molar-refractivity contribution < 1.29 is 8.78 Å². The second kappa shape index (κ2) is 10.7. The van der Waals surface area contributed by atoms with Crippen LogP contribution in [0.3, 0.4) is 0 Å². The van der Waals surface area contributed by atoms with Gasteiger partial charge in [0.1, 0.15) is 23.8 Å². The van der Waals surface area contributed by atoms with E-state index in [0.717, 1.165) is 5.56 Å². The molecule has 0 fully saturated rings. The highest BCUT2D eigenvalue weighted by Crippen LogP contribution is 2.35. The molecule has 0 aliphatic rings. The molecule has 0 atom stereocenters. The summed E-state index contributed by atoms with van der Waals surface area (Å²) < 4.78 is 26.4. The molecule has 0 aliphatic carbocycles. The van der Waals surface area contributed by atoms with E-state index in [0.29, 0.717) is 27.4 Å². The Balaban J connectivity index is 0.000000191. The molecule has 0 amide bonds. The molecule has 0 heterocycles. The third kappa shape index (κ3) is 5.10. The van der Waals surface area contributed by atoms with Crippen LogP contribution in [0.1, 0.15) is 11.1 Å². The molecule has 8 heteroatoms. The van der Waals surface area contributed by atoms with Gasteiger partial charge in [-0.25, -0.2) is 8.78 Å². The van der Waals surface area contributed by atoms with Crippen LogP contribution in [0.4, 0.5) is 20.2 Å². The average molecular weight is 493 g/mol. The standard InChI is InChI=1S/2C13H8ClFN2/c14-13-10(5-6-12(17)11(13)7-16)8-1-3-9(15)4-2-8;14-13-9(5-6-12(17)10(13)7-16)8-3-1-2-4-11(8)15/h2*1-6H,17H2. The van der Waals surface area contributed by atoms with Crippen molar-refractivity contribution in [3.05, 3.63) is 106 Å². The molecule has 0 saturated carbocycles. The van der Waals surface area contributed by atoms with Crippen molar-refractivity contribution in [1.29, 1.82) is 10.5 Å². The van der Waals surface area contributed by atoms with Crippen LogP contribution in [0, 0.1) is 34.3 Å². The van der Waals surface area contributed by atoms with Crippen molar-refractivity contribution in [2.45, 2.75) is 0 Å². The highest BCUT2D eigenvalue weighted by molar-refractivity contribution is 6.35. The Morgan fingerprint density at radius 3 is 1.65 bits per heavy atom. The molecule has 0 radical (unpaired) electrons. The lowest BCUT2D eigenvalue weighted by atomic mass is 10.0. The van der Waals surface area contributed by atoms with Gasteiger partial charge in [-0.15, -0.1) is 0 Å². The molecule has 168 valence electrons. The number of hydrogen-bond donors (Lipinski definition) is 2. The second-order valence-corrected chi connectivity index (χ2v) is 7.75. The van der Waals surface area contributed by atoms with Gasteiger partial charge in [-0.3, -0.25) is 0 Å². The smallest absolute Gasteiger partial charge is 0.131 e. The van der Waals surface area contributed by atoms with E-state index in [2.05, 4.69) is 0 Å². The Bertz CT molecular complexity index is 1440. The van der Waals surface area contributed by atoms with Gasteiger partial charge in [-0.05, 0) is 35.9 Å². The number of benzene rings is 4. The Morgan fingerprint density at radius 2 is 1.12 bits per heavy atom. The zero-order valence-corrected chi connectivity index (χ0v) is 19.0. The number of nitrogen functional groups attached to an aromatic ring is 2. The predicted molar refractivity (Wildman–Crippen MR) is 132 cm³/mol. The number of hydrogen-bond acceptors (Lipinski definition) is 4. The van der Waals surface area contributed by atoms with E-state index in [9.17, 15) is 8.78 Å². The minimum Gasteiger partial charge on any atom is -0.398 e. The van der Waals surface area contributed by atoms with Gasteiger partial charge in [0, 0.05) is 16.7 Å². The van der Waals surface area contributed by atoms with Crippen molar-refractivity contribution in [2.24, 2.45) is 0 Å². The maximum atomic E-state index is 13.6. The van der Waals surface area contributed by atoms with Crippen LogP contribution in [0.2, 0.25) is 10.0 Å². The summed E-state index contributed by atoms with van der Waals surface area (Å²) in [6, 6.07) is 22.5. The lowest BCUT2D eigenvalue weighted by molar-refractivity contribution is 0.628. The fraction of sp³-hybridized carbons (Fsp3) is 0. The van der Waals surface area contributed by atoms with Gasteiger partial charge >= 0.3 is 0 Å². The number of nitriles is 2. The summed E-state index contributed by atoms with van der Waals surface area (Å²) in [6.45, 7) is 0. The van der Waals surface area contributed by atoms with Gasteiger partial charge in [-0.1, -0.05) is 65.7 Å². The fourth-order valence-electron chi connectivity index (χ4n) is 3.15. The molecule has 0 saturated heterocycles. The van der Waals surface area contributed by atoms with Crippen LogP contribution in [-0.4, -0.2) is 0 Å². The summed E-state index contributed by atoms with van der Waals surface area (Å²) in [5.41, 5.74) is 14.5. The third-order valence-electron chi connectivity index (χ3n) is 4.89. The molecule has 34 heavy (non-hydrogen) atoms. The lowest BCUT2D eigenvalue weighted by Crippen LogP contribution is -1.94. The number of nitrogens with zero attached hydrogens (tertiary/aromatic N) is 2. The summed E-state index contributed by atoms with van der Waals surface area (Å²) in [7, 11) is 0. The molecule has 0 aliphatic heterocycles. The molecular formula is C26H16Cl2F2N4. The van der Waals surface area contributed by atoms with Crippen LogP contribution in [-0.2, 0) is 0 Å². The van der Waals surface area contributed by atoms with Crippen molar-refractivity contribution in [3.63, 3.8) is 0 Å². The Labute approximate surface area is 205 Å². The van der Waals surface area contributed by atoms with E-state index in [1.807, 2.05) is 12.1 Å². The SMILES string of the molecule is N#Cc1c(N)ccc(-c2ccc(F)cc2)c1Cl.N#Cc1c(N)ccc(-c2ccccc2F)c1Cl. The molecular weight excluding hydrogens is 477 g/mol. The summed E-state index contributed by atoms with van der Waals surface area (Å²) in [5, 5.41) is 18.3.